The van der Waals surface area contributed by atoms with Gasteiger partial charge in [0.1, 0.15) is 0 Å². The van der Waals surface area contributed by atoms with Crippen molar-refractivity contribution >= 4 is 23.6 Å². The van der Waals surface area contributed by atoms with Crippen molar-refractivity contribution in [3.05, 3.63) is 71.8 Å². The number of nitrogens with one attached hydrogen (secondary N) is 1. The van der Waals surface area contributed by atoms with Gasteiger partial charge in [-0.3, -0.25) is 9.59 Å². The maximum absolute atomic E-state index is 12.1. The summed E-state index contributed by atoms with van der Waals surface area (Å²) >= 11 is 0. The Bertz CT molecular complexity index is 723. The van der Waals surface area contributed by atoms with Gasteiger partial charge in [0.15, 0.2) is 0 Å². The molecule has 0 aliphatic heterocycles. The number of hydrogen-bond donors (Lipinski definition) is 1. The Hall–Kier alpha value is -2.88. The first-order valence-electron chi connectivity index (χ1n) is 7.96. The van der Waals surface area contributed by atoms with Crippen molar-refractivity contribution in [2.75, 3.05) is 18.9 Å². The molecule has 0 radical (unpaired) electrons. The molecule has 1 N–H and O–H groups in total. The molecule has 124 valence electrons. The Morgan fingerprint density at radius 2 is 1.71 bits per heavy atom. The minimum atomic E-state index is -0.210. The topological polar surface area (TPSA) is 49.4 Å². The van der Waals surface area contributed by atoms with Crippen molar-refractivity contribution < 1.29 is 9.59 Å². The second kappa shape index (κ2) is 8.67. The van der Waals surface area contributed by atoms with Gasteiger partial charge in [0.05, 0.1) is 6.54 Å². The number of likely N-dealkylation sites (N-methyl/N-ethyl adjacent to an activating group) is 1. The third kappa shape index (κ3) is 5.09. The summed E-state index contributed by atoms with van der Waals surface area (Å²) in [7, 11) is 1.61. The molecule has 2 amide bonds. The van der Waals surface area contributed by atoms with Crippen LogP contribution in [0.3, 0.4) is 0 Å². The molecular weight excluding hydrogens is 300 g/mol. The molecule has 0 saturated carbocycles. The van der Waals surface area contributed by atoms with Crippen LogP contribution in [-0.2, 0) is 16.0 Å². The van der Waals surface area contributed by atoms with E-state index in [9.17, 15) is 9.59 Å². The first-order chi connectivity index (χ1) is 11.6. The summed E-state index contributed by atoms with van der Waals surface area (Å²) in [5, 5.41) is 2.86. The van der Waals surface area contributed by atoms with Gasteiger partial charge in [-0.1, -0.05) is 55.5 Å². The van der Waals surface area contributed by atoms with Gasteiger partial charge in [-0.15, -0.1) is 0 Å². The minimum Gasteiger partial charge on any atom is -0.333 e. The summed E-state index contributed by atoms with van der Waals surface area (Å²) < 4.78 is 0. The average molecular weight is 322 g/mol. The summed E-state index contributed by atoms with van der Waals surface area (Å²) in [4.78, 5) is 25.6. The molecule has 0 aliphatic carbocycles. The Balaban J connectivity index is 1.91. The molecule has 2 aromatic carbocycles. The number of para-hydroxylation sites is 1. The van der Waals surface area contributed by atoms with Crippen molar-refractivity contribution in [2.24, 2.45) is 0 Å². The summed E-state index contributed by atoms with van der Waals surface area (Å²) in [5.41, 5.74) is 2.81. The Morgan fingerprint density at radius 1 is 1.04 bits per heavy atom. The van der Waals surface area contributed by atoms with Crippen LogP contribution in [0.15, 0.2) is 60.7 Å². The second-order valence-electron chi connectivity index (χ2n) is 5.50. The largest absolute Gasteiger partial charge is 0.333 e. The van der Waals surface area contributed by atoms with Gasteiger partial charge in [-0.05, 0) is 29.7 Å². The predicted molar refractivity (Wildman–Crippen MR) is 97.6 cm³/mol. The molecule has 2 aromatic rings. The number of benzene rings is 2. The molecule has 0 aliphatic rings. The van der Waals surface area contributed by atoms with Crippen molar-refractivity contribution in [1.29, 1.82) is 0 Å². The van der Waals surface area contributed by atoms with Gasteiger partial charge in [-0.2, -0.15) is 0 Å². The monoisotopic (exact) mass is 322 g/mol. The van der Waals surface area contributed by atoms with E-state index in [1.165, 1.54) is 11.0 Å². The molecule has 0 spiro atoms. The summed E-state index contributed by atoms with van der Waals surface area (Å²) in [6.45, 7) is 2.05. The highest BCUT2D eigenvalue weighted by atomic mass is 16.2. The van der Waals surface area contributed by atoms with Crippen LogP contribution in [0.2, 0.25) is 0 Å². The maximum atomic E-state index is 12.1. The van der Waals surface area contributed by atoms with Gasteiger partial charge in [0.2, 0.25) is 11.8 Å². The van der Waals surface area contributed by atoms with Crippen molar-refractivity contribution in [3.8, 4) is 0 Å². The minimum absolute atomic E-state index is 0.00993. The molecule has 4 heteroatoms. The number of anilines is 1. The number of hydrogen-bond acceptors (Lipinski definition) is 2. The first-order valence-corrected chi connectivity index (χ1v) is 7.96. The first kappa shape index (κ1) is 17.5. The normalized spacial score (nSPS) is 10.6. The van der Waals surface area contributed by atoms with Crippen LogP contribution in [0.1, 0.15) is 18.1 Å². The van der Waals surface area contributed by atoms with Crippen LogP contribution < -0.4 is 5.32 Å². The van der Waals surface area contributed by atoms with E-state index in [-0.39, 0.29) is 18.4 Å². The molecule has 0 bridgehead atoms. The molecule has 24 heavy (non-hydrogen) atoms. The van der Waals surface area contributed by atoms with E-state index in [0.29, 0.717) is 0 Å². The number of carbonyl (C=O) groups is 2. The van der Waals surface area contributed by atoms with Gasteiger partial charge < -0.3 is 10.2 Å². The standard InChI is InChI=1S/C20H22N2O2/c1-3-17-11-7-8-12-18(17)21-19(23)15-22(2)20(24)14-13-16-9-5-4-6-10-16/h4-14H,3,15H2,1-2H3,(H,21,23)/b14-13+. The number of aryl methyl sites for hydroxylation is 1. The van der Waals surface area contributed by atoms with E-state index >= 15 is 0 Å². The summed E-state index contributed by atoms with van der Waals surface area (Å²) in [6.07, 6.45) is 4.05. The Kier molecular flexibility index (Phi) is 6.32. The molecule has 4 nitrogen and oxygen atoms in total. The van der Waals surface area contributed by atoms with Gasteiger partial charge in [0, 0.05) is 18.8 Å². The van der Waals surface area contributed by atoms with Gasteiger partial charge in [0.25, 0.3) is 0 Å². The van der Waals surface area contributed by atoms with E-state index in [1.54, 1.807) is 13.1 Å². The fraction of sp³-hybridized carbons (Fsp3) is 0.200. The lowest BCUT2D eigenvalue weighted by atomic mass is 10.1. The SMILES string of the molecule is CCc1ccccc1NC(=O)CN(C)C(=O)/C=C/c1ccccc1. The number of rotatable bonds is 6. The number of carbonyl (C=O) groups excluding carboxylic acids is 2. The van der Waals surface area contributed by atoms with E-state index in [4.69, 9.17) is 0 Å². The third-order valence-corrected chi connectivity index (χ3v) is 3.65. The van der Waals surface area contributed by atoms with Crippen LogP contribution in [0, 0.1) is 0 Å². The molecule has 0 aromatic heterocycles. The van der Waals surface area contributed by atoms with Crippen LogP contribution in [0.25, 0.3) is 6.08 Å². The fourth-order valence-corrected chi connectivity index (χ4v) is 2.29. The van der Waals surface area contributed by atoms with Crippen LogP contribution >= 0.6 is 0 Å². The van der Waals surface area contributed by atoms with Gasteiger partial charge in [-0.25, -0.2) is 0 Å². The molecule has 0 heterocycles. The fourth-order valence-electron chi connectivity index (χ4n) is 2.29. The number of nitrogens with zero attached hydrogens (tertiary/aromatic N) is 1. The van der Waals surface area contributed by atoms with E-state index in [0.717, 1.165) is 23.2 Å². The molecule has 0 saturated heterocycles. The number of amides is 2. The Morgan fingerprint density at radius 3 is 2.42 bits per heavy atom. The van der Waals surface area contributed by atoms with Crippen molar-refractivity contribution in [1.82, 2.24) is 4.90 Å². The van der Waals surface area contributed by atoms with Crippen LogP contribution in [0.5, 0.6) is 0 Å². The van der Waals surface area contributed by atoms with E-state index in [2.05, 4.69) is 5.32 Å². The Labute approximate surface area is 142 Å². The van der Waals surface area contributed by atoms with Crippen LogP contribution in [0.4, 0.5) is 5.69 Å². The molecule has 0 atom stereocenters. The lowest BCUT2D eigenvalue weighted by molar-refractivity contribution is -0.129. The van der Waals surface area contributed by atoms with Crippen molar-refractivity contribution in [3.63, 3.8) is 0 Å². The molecule has 0 unspecified atom stereocenters. The zero-order valence-corrected chi connectivity index (χ0v) is 14.0. The molecule has 0 fully saturated rings. The highest BCUT2D eigenvalue weighted by Gasteiger charge is 2.11. The zero-order valence-electron chi connectivity index (χ0n) is 14.0. The highest BCUT2D eigenvalue weighted by Crippen LogP contribution is 2.15. The molecule has 2 rings (SSSR count). The maximum Gasteiger partial charge on any atom is 0.246 e. The molecular formula is C20H22N2O2. The van der Waals surface area contributed by atoms with E-state index < -0.39 is 0 Å². The lowest BCUT2D eigenvalue weighted by Gasteiger charge is -2.16. The third-order valence-electron chi connectivity index (χ3n) is 3.65. The average Bonchev–Trinajstić information content (AvgIpc) is 2.60. The second-order valence-corrected chi connectivity index (χ2v) is 5.50. The van der Waals surface area contributed by atoms with Crippen LogP contribution in [-0.4, -0.2) is 30.3 Å². The predicted octanol–water partition coefficient (Wildman–Crippen LogP) is 3.36. The summed E-state index contributed by atoms with van der Waals surface area (Å²) in [6, 6.07) is 17.2. The highest BCUT2D eigenvalue weighted by molar-refractivity contribution is 5.98. The lowest BCUT2D eigenvalue weighted by Crippen LogP contribution is -2.34. The van der Waals surface area contributed by atoms with Gasteiger partial charge >= 0.3 is 0 Å². The zero-order chi connectivity index (χ0) is 17.4. The summed E-state index contributed by atoms with van der Waals surface area (Å²) in [5.74, 6) is -0.419. The quantitative estimate of drug-likeness (QED) is 0.829. The smallest absolute Gasteiger partial charge is 0.246 e. The van der Waals surface area contributed by atoms with E-state index in [1.807, 2.05) is 61.5 Å². The van der Waals surface area contributed by atoms with Crippen molar-refractivity contribution in [2.45, 2.75) is 13.3 Å².